The molecule has 0 amide bonds. The van der Waals surface area contributed by atoms with Gasteiger partial charge in [0.25, 0.3) is 0 Å². The van der Waals surface area contributed by atoms with Gasteiger partial charge in [-0.1, -0.05) is 80.6 Å². The summed E-state index contributed by atoms with van der Waals surface area (Å²) in [7, 11) is 4.47. The number of nitrogens with zero attached hydrogens (tertiary/aromatic N) is 3. The first kappa shape index (κ1) is 30.7. The number of nitrogens with two attached hydrogens (primary N) is 1. The number of rotatable bonds is 13. The molecule has 2 aromatic carbocycles. The van der Waals surface area contributed by atoms with Gasteiger partial charge in [0, 0.05) is 17.3 Å². The van der Waals surface area contributed by atoms with E-state index in [1.807, 2.05) is 17.4 Å². The lowest BCUT2D eigenvalue weighted by Gasteiger charge is -2.41. The molecule has 4 aromatic rings. The van der Waals surface area contributed by atoms with E-state index in [1.54, 1.807) is 0 Å². The van der Waals surface area contributed by atoms with Crippen molar-refractivity contribution in [3.05, 3.63) is 112 Å². The van der Waals surface area contributed by atoms with Crippen molar-refractivity contribution in [1.82, 2.24) is 14.8 Å². The van der Waals surface area contributed by atoms with Crippen molar-refractivity contribution < 1.29 is 4.42 Å². The van der Waals surface area contributed by atoms with Gasteiger partial charge in [-0.3, -0.25) is 4.90 Å². The van der Waals surface area contributed by atoms with E-state index in [9.17, 15) is 0 Å². The molecule has 3 unspecified atom stereocenters. The summed E-state index contributed by atoms with van der Waals surface area (Å²) in [5.41, 5.74) is 10.3. The maximum atomic E-state index is 6.89. The maximum Gasteiger partial charge on any atom is 0.212 e. The highest BCUT2D eigenvalue weighted by Crippen LogP contribution is 2.46. The Balaban J connectivity index is 1.43. The normalized spacial score (nSPS) is 19.7. The number of thiophene rings is 1. The molecule has 3 atom stereocenters. The maximum absolute atomic E-state index is 6.89. The second-order valence-corrected chi connectivity index (χ2v) is 13.1. The molecule has 2 N–H and O–H groups in total. The van der Waals surface area contributed by atoms with Gasteiger partial charge in [0.05, 0.1) is 17.8 Å². The minimum Gasteiger partial charge on any atom is -0.442 e. The molecule has 0 bridgehead atoms. The molecule has 1 saturated carbocycles. The van der Waals surface area contributed by atoms with Crippen LogP contribution in [0.5, 0.6) is 0 Å². The summed E-state index contributed by atoms with van der Waals surface area (Å²) in [4.78, 5) is 11.7. The minimum absolute atomic E-state index is 0.160. The van der Waals surface area contributed by atoms with Gasteiger partial charge < -0.3 is 15.1 Å². The Morgan fingerprint density at radius 3 is 1.98 bits per heavy atom. The number of oxazole rings is 1. The molecule has 2 heterocycles. The third kappa shape index (κ3) is 7.23. The zero-order valence-corrected chi connectivity index (χ0v) is 26.6. The van der Waals surface area contributed by atoms with Crippen LogP contribution in [0.2, 0.25) is 0 Å². The monoisotopic (exact) mass is 584 g/mol. The molecular formula is C36H48N4OS. The Morgan fingerprint density at radius 2 is 1.43 bits per heavy atom. The SMILES string of the molecule is CCN(CC)C(c1nc(Cc2ccccc2)c(C(N)Cc2ccccc2)o1)C1CCC(C(c2cccs2)N(C)C)CC1. The van der Waals surface area contributed by atoms with Crippen LogP contribution in [0.4, 0.5) is 0 Å². The van der Waals surface area contributed by atoms with Crippen LogP contribution in [-0.2, 0) is 12.8 Å². The Bertz CT molecular complexity index is 1330. The van der Waals surface area contributed by atoms with E-state index in [-0.39, 0.29) is 12.1 Å². The Kier molecular flexibility index (Phi) is 10.7. The van der Waals surface area contributed by atoms with Crippen molar-refractivity contribution >= 4 is 11.3 Å². The van der Waals surface area contributed by atoms with E-state index < -0.39 is 0 Å². The van der Waals surface area contributed by atoms with Gasteiger partial charge in [-0.15, -0.1) is 11.3 Å². The zero-order chi connectivity index (χ0) is 29.5. The number of hydrogen-bond acceptors (Lipinski definition) is 6. The standard InChI is InChI=1S/C36H48N4OS/c1-5-40(6-2)34(29-21-19-28(20-22-29)33(39(3)4)32-18-13-23-42-32)36-38-31(25-27-16-11-8-12-17-27)35(41-36)30(37)24-26-14-9-7-10-15-26/h7-18,23,28-30,33-34H,5-6,19-22,24-25,37H2,1-4H3. The molecule has 224 valence electrons. The molecule has 0 saturated heterocycles. The van der Waals surface area contributed by atoms with Gasteiger partial charge in [-0.2, -0.15) is 0 Å². The quantitative estimate of drug-likeness (QED) is 0.172. The number of aromatic nitrogens is 1. The van der Waals surface area contributed by atoms with Gasteiger partial charge in [0.1, 0.15) is 5.76 Å². The summed E-state index contributed by atoms with van der Waals surface area (Å²) in [6.45, 7) is 6.46. The predicted molar refractivity (Wildman–Crippen MR) is 175 cm³/mol. The van der Waals surface area contributed by atoms with E-state index in [4.69, 9.17) is 15.1 Å². The van der Waals surface area contributed by atoms with Gasteiger partial charge in [0.2, 0.25) is 5.89 Å². The Hall–Kier alpha value is -2.77. The lowest BCUT2D eigenvalue weighted by Crippen LogP contribution is -2.37. The summed E-state index contributed by atoms with van der Waals surface area (Å²) in [6.07, 6.45) is 6.27. The molecule has 0 radical (unpaired) electrons. The van der Waals surface area contributed by atoms with Crippen LogP contribution in [0.15, 0.2) is 82.6 Å². The van der Waals surface area contributed by atoms with Crippen LogP contribution in [0.1, 0.15) is 91.0 Å². The largest absolute Gasteiger partial charge is 0.442 e. The topological polar surface area (TPSA) is 58.5 Å². The fourth-order valence-corrected chi connectivity index (χ4v) is 8.11. The molecular weight excluding hydrogens is 536 g/mol. The second kappa shape index (κ2) is 14.6. The first-order valence-electron chi connectivity index (χ1n) is 15.7. The smallest absolute Gasteiger partial charge is 0.212 e. The van der Waals surface area contributed by atoms with Crippen LogP contribution in [0, 0.1) is 11.8 Å². The molecule has 1 aliphatic rings. The second-order valence-electron chi connectivity index (χ2n) is 12.1. The van der Waals surface area contributed by atoms with E-state index in [2.05, 4.69) is 110 Å². The summed E-state index contributed by atoms with van der Waals surface area (Å²) in [6, 6.07) is 26.0. The fourth-order valence-electron chi connectivity index (χ4n) is 7.09. The highest BCUT2D eigenvalue weighted by atomic mass is 32.1. The van der Waals surface area contributed by atoms with Gasteiger partial charge >= 0.3 is 0 Å². The summed E-state index contributed by atoms with van der Waals surface area (Å²) in [5.74, 6) is 2.87. The van der Waals surface area contributed by atoms with Crippen LogP contribution < -0.4 is 5.73 Å². The minimum atomic E-state index is -0.243. The molecule has 0 aliphatic heterocycles. The predicted octanol–water partition coefficient (Wildman–Crippen LogP) is 8.06. The summed E-state index contributed by atoms with van der Waals surface area (Å²) < 4.78 is 6.81. The van der Waals surface area contributed by atoms with Crippen LogP contribution >= 0.6 is 11.3 Å². The van der Waals surface area contributed by atoms with E-state index in [0.29, 0.717) is 17.9 Å². The molecule has 1 fully saturated rings. The third-order valence-electron chi connectivity index (χ3n) is 9.15. The highest BCUT2D eigenvalue weighted by Gasteiger charge is 2.38. The van der Waals surface area contributed by atoms with Gasteiger partial charge in [-0.25, -0.2) is 4.98 Å². The highest BCUT2D eigenvalue weighted by molar-refractivity contribution is 7.10. The van der Waals surface area contributed by atoms with E-state index >= 15 is 0 Å². The van der Waals surface area contributed by atoms with Crippen LogP contribution in [-0.4, -0.2) is 42.0 Å². The Labute approximate surface area is 256 Å². The number of hydrogen-bond donors (Lipinski definition) is 1. The van der Waals surface area contributed by atoms with Gasteiger partial charge in [0.15, 0.2) is 0 Å². The summed E-state index contributed by atoms with van der Waals surface area (Å²) in [5, 5.41) is 2.21. The fraction of sp³-hybridized carbons (Fsp3) is 0.472. The van der Waals surface area contributed by atoms with Crippen molar-refractivity contribution in [1.29, 1.82) is 0 Å². The lowest BCUT2D eigenvalue weighted by molar-refractivity contribution is 0.0733. The molecule has 42 heavy (non-hydrogen) atoms. The third-order valence-corrected chi connectivity index (χ3v) is 10.1. The van der Waals surface area contributed by atoms with Crippen molar-refractivity contribution in [2.45, 2.75) is 70.5 Å². The van der Waals surface area contributed by atoms with E-state index in [1.165, 1.54) is 41.7 Å². The molecule has 1 aliphatic carbocycles. The lowest BCUT2D eigenvalue weighted by atomic mass is 9.74. The van der Waals surface area contributed by atoms with Crippen LogP contribution in [0.25, 0.3) is 0 Å². The van der Waals surface area contributed by atoms with Crippen molar-refractivity contribution in [2.75, 3.05) is 27.2 Å². The van der Waals surface area contributed by atoms with Crippen molar-refractivity contribution in [2.24, 2.45) is 17.6 Å². The first-order chi connectivity index (χ1) is 20.5. The molecule has 5 rings (SSSR count). The average molecular weight is 585 g/mol. The molecule has 5 nitrogen and oxygen atoms in total. The first-order valence-corrected chi connectivity index (χ1v) is 16.6. The molecule has 6 heteroatoms. The average Bonchev–Trinajstić information content (AvgIpc) is 3.68. The van der Waals surface area contributed by atoms with Crippen molar-refractivity contribution in [3.63, 3.8) is 0 Å². The zero-order valence-electron chi connectivity index (χ0n) is 25.8. The number of benzene rings is 2. The van der Waals surface area contributed by atoms with E-state index in [0.717, 1.165) is 43.3 Å². The van der Waals surface area contributed by atoms with Gasteiger partial charge in [-0.05, 0) is 93.7 Å². The molecule has 0 spiro atoms. The Morgan fingerprint density at radius 1 is 0.833 bits per heavy atom. The van der Waals surface area contributed by atoms with Crippen molar-refractivity contribution in [3.8, 4) is 0 Å². The summed E-state index contributed by atoms with van der Waals surface area (Å²) >= 11 is 1.89. The molecule has 2 aromatic heterocycles. The van der Waals surface area contributed by atoms with Crippen LogP contribution in [0.3, 0.4) is 0 Å².